The molecule has 33 heavy (non-hydrogen) atoms. The van der Waals surface area contributed by atoms with Crippen LogP contribution in [-0.2, 0) is 14.6 Å². The number of nitrogens with zero attached hydrogens (tertiary/aromatic N) is 1. The fourth-order valence-corrected chi connectivity index (χ4v) is 6.80. The number of carboxylic acids is 1. The fourth-order valence-electron chi connectivity index (χ4n) is 4.17. The second-order valence-electron chi connectivity index (χ2n) is 8.70. The van der Waals surface area contributed by atoms with Crippen LogP contribution in [0.15, 0.2) is 46.2 Å². The molecule has 6 nitrogen and oxygen atoms in total. The van der Waals surface area contributed by atoms with Crippen molar-refractivity contribution in [3.8, 4) is 5.75 Å². The number of anilines is 2. The van der Waals surface area contributed by atoms with Gasteiger partial charge in [-0.2, -0.15) is 0 Å². The smallest absolute Gasteiger partial charge is 0.306 e. The van der Waals surface area contributed by atoms with Gasteiger partial charge in [0.2, 0.25) is 0 Å². The van der Waals surface area contributed by atoms with Gasteiger partial charge in [0.1, 0.15) is 11.6 Å². The van der Waals surface area contributed by atoms with Gasteiger partial charge in [-0.25, -0.2) is 12.8 Å². The first-order valence-electron chi connectivity index (χ1n) is 10.9. The minimum Gasteiger partial charge on any atom is -0.492 e. The lowest BCUT2D eigenvalue weighted by atomic mass is 9.86. The Labute approximate surface area is 199 Å². The van der Waals surface area contributed by atoms with Crippen molar-refractivity contribution in [3.05, 3.63) is 42.2 Å². The van der Waals surface area contributed by atoms with E-state index in [4.69, 9.17) is 9.84 Å². The van der Waals surface area contributed by atoms with Crippen LogP contribution >= 0.6 is 11.8 Å². The molecule has 180 valence electrons. The predicted molar refractivity (Wildman–Crippen MR) is 129 cm³/mol. The molecule has 0 aliphatic carbocycles. The van der Waals surface area contributed by atoms with Crippen LogP contribution in [0.1, 0.15) is 39.5 Å². The standard InChI is InChI=1S/C24H30FNO5S2/c1-4-5-11-24(2)15-26(18-8-6-17(25)7-9-18)19-13-21(32-3)20(31-12-10-23(27)28)14-22(19)33(29,30)16-24/h6-9,13-14H,4-5,10-12,15-16H2,1-3H3,(H,27,28)/t24-/m0/s1. The molecule has 1 atom stereocenters. The number of sulfone groups is 1. The highest BCUT2D eigenvalue weighted by Gasteiger charge is 2.40. The number of thioether (sulfide) groups is 1. The van der Waals surface area contributed by atoms with Gasteiger partial charge in [-0.1, -0.05) is 26.7 Å². The molecule has 0 fully saturated rings. The number of halogens is 1. The summed E-state index contributed by atoms with van der Waals surface area (Å²) < 4.78 is 46.5. The van der Waals surface area contributed by atoms with Crippen molar-refractivity contribution in [3.63, 3.8) is 0 Å². The van der Waals surface area contributed by atoms with E-state index in [0.717, 1.165) is 19.3 Å². The number of fused-ring (bicyclic) bond motifs is 1. The first-order chi connectivity index (χ1) is 15.6. The lowest BCUT2D eigenvalue weighted by molar-refractivity contribution is -0.137. The zero-order valence-corrected chi connectivity index (χ0v) is 20.8. The van der Waals surface area contributed by atoms with Gasteiger partial charge in [0.05, 0.1) is 34.3 Å². The molecule has 0 amide bonds. The lowest BCUT2D eigenvalue weighted by Gasteiger charge is -2.34. The molecule has 0 saturated heterocycles. The van der Waals surface area contributed by atoms with E-state index in [1.165, 1.54) is 30.0 Å². The molecule has 1 aliphatic rings. The van der Waals surface area contributed by atoms with Gasteiger partial charge < -0.3 is 14.7 Å². The van der Waals surface area contributed by atoms with Crippen LogP contribution < -0.4 is 9.64 Å². The van der Waals surface area contributed by atoms with E-state index in [-0.39, 0.29) is 29.5 Å². The summed E-state index contributed by atoms with van der Waals surface area (Å²) in [6.45, 7) is 4.48. The topological polar surface area (TPSA) is 83.9 Å². The van der Waals surface area contributed by atoms with Gasteiger partial charge in [0.15, 0.2) is 9.84 Å². The Bertz CT molecular complexity index is 1100. The lowest BCUT2D eigenvalue weighted by Crippen LogP contribution is -2.35. The van der Waals surface area contributed by atoms with E-state index < -0.39 is 21.2 Å². The Morgan fingerprint density at radius 2 is 1.97 bits per heavy atom. The summed E-state index contributed by atoms with van der Waals surface area (Å²) in [5.74, 6) is -1.01. The highest BCUT2D eigenvalue weighted by atomic mass is 32.2. The quantitative estimate of drug-likeness (QED) is 0.458. The summed E-state index contributed by atoms with van der Waals surface area (Å²) in [5.41, 5.74) is 0.729. The zero-order chi connectivity index (χ0) is 24.2. The molecular formula is C24H30FNO5S2. The van der Waals surface area contributed by atoms with E-state index in [9.17, 15) is 17.6 Å². The second kappa shape index (κ2) is 10.3. The van der Waals surface area contributed by atoms with Crippen molar-refractivity contribution in [2.24, 2.45) is 5.41 Å². The SMILES string of the molecule is CCCC[C@@]1(C)CN(c2ccc(F)cc2)c2cc(SC)c(OCCC(=O)O)cc2S(=O)(=O)C1. The molecular weight excluding hydrogens is 465 g/mol. The van der Waals surface area contributed by atoms with Crippen LogP contribution in [-0.4, -0.2) is 44.7 Å². The Hall–Kier alpha value is -2.26. The van der Waals surface area contributed by atoms with Crippen LogP contribution in [0, 0.1) is 11.2 Å². The maximum Gasteiger partial charge on any atom is 0.306 e. The van der Waals surface area contributed by atoms with Crippen LogP contribution in [0.25, 0.3) is 0 Å². The molecule has 0 bridgehead atoms. The molecule has 0 unspecified atom stereocenters. The predicted octanol–water partition coefficient (Wildman–Crippen LogP) is 5.52. The monoisotopic (exact) mass is 495 g/mol. The van der Waals surface area contributed by atoms with E-state index in [0.29, 0.717) is 28.6 Å². The number of aliphatic carboxylic acids is 1. The van der Waals surface area contributed by atoms with Gasteiger partial charge >= 0.3 is 5.97 Å². The third-order valence-corrected chi connectivity index (χ3v) is 8.63. The highest BCUT2D eigenvalue weighted by molar-refractivity contribution is 7.98. The molecule has 2 aromatic rings. The summed E-state index contributed by atoms with van der Waals surface area (Å²) in [6, 6.07) is 9.36. The number of carboxylic acid groups (broad SMARTS) is 1. The molecule has 0 aromatic heterocycles. The number of unbranched alkanes of at least 4 members (excludes halogenated alkanes) is 1. The number of hydrogen-bond acceptors (Lipinski definition) is 6. The summed E-state index contributed by atoms with van der Waals surface area (Å²) >= 11 is 1.39. The van der Waals surface area contributed by atoms with Crippen LogP contribution in [0.3, 0.4) is 0 Å². The maximum absolute atomic E-state index is 13.6. The number of carbonyl (C=O) groups is 1. The largest absolute Gasteiger partial charge is 0.492 e. The average Bonchev–Trinajstić information content (AvgIpc) is 2.84. The van der Waals surface area contributed by atoms with Gasteiger partial charge in [-0.15, -0.1) is 11.8 Å². The minimum atomic E-state index is -3.68. The maximum atomic E-state index is 13.6. The molecule has 3 rings (SSSR count). The molecule has 1 N–H and O–H groups in total. The number of benzene rings is 2. The van der Waals surface area contributed by atoms with Crippen molar-refractivity contribution in [1.29, 1.82) is 0 Å². The van der Waals surface area contributed by atoms with Crippen molar-refractivity contribution >= 4 is 38.9 Å². The number of rotatable bonds is 9. The molecule has 0 saturated carbocycles. The van der Waals surface area contributed by atoms with Gasteiger partial charge in [0, 0.05) is 18.3 Å². The van der Waals surface area contributed by atoms with E-state index >= 15 is 0 Å². The number of hydrogen-bond donors (Lipinski definition) is 1. The Morgan fingerprint density at radius 1 is 1.27 bits per heavy atom. The molecule has 1 aliphatic heterocycles. The Kier molecular flexibility index (Phi) is 7.95. The molecule has 9 heteroatoms. The van der Waals surface area contributed by atoms with Gasteiger partial charge in [-0.3, -0.25) is 4.79 Å². The van der Waals surface area contributed by atoms with E-state index in [2.05, 4.69) is 6.92 Å². The summed E-state index contributed by atoms with van der Waals surface area (Å²) in [4.78, 5) is 13.7. The van der Waals surface area contributed by atoms with Crippen LogP contribution in [0.5, 0.6) is 5.75 Å². The van der Waals surface area contributed by atoms with Crippen molar-refractivity contribution < 1.29 is 27.4 Å². The zero-order valence-electron chi connectivity index (χ0n) is 19.1. The molecule has 2 aromatic carbocycles. The average molecular weight is 496 g/mol. The van der Waals surface area contributed by atoms with Gasteiger partial charge in [-0.05, 0) is 48.4 Å². The number of ether oxygens (including phenoxy) is 1. The van der Waals surface area contributed by atoms with Crippen molar-refractivity contribution in [2.45, 2.75) is 49.3 Å². The minimum absolute atomic E-state index is 0.0160. The third kappa shape index (κ3) is 6.00. The molecule has 0 spiro atoms. The summed E-state index contributed by atoms with van der Waals surface area (Å²) in [6.07, 6.45) is 4.27. The van der Waals surface area contributed by atoms with Crippen molar-refractivity contribution in [1.82, 2.24) is 0 Å². The van der Waals surface area contributed by atoms with E-state index in [1.807, 2.05) is 18.1 Å². The molecule has 1 heterocycles. The summed E-state index contributed by atoms with van der Waals surface area (Å²) in [7, 11) is -3.68. The Morgan fingerprint density at radius 3 is 2.58 bits per heavy atom. The van der Waals surface area contributed by atoms with Gasteiger partial charge in [0.25, 0.3) is 0 Å². The normalized spacial score (nSPS) is 19.6. The summed E-state index contributed by atoms with van der Waals surface area (Å²) in [5, 5.41) is 8.92. The Balaban J connectivity index is 2.17. The first kappa shape index (κ1) is 25.4. The van der Waals surface area contributed by atoms with Crippen LogP contribution in [0.4, 0.5) is 15.8 Å². The highest BCUT2D eigenvalue weighted by Crippen LogP contribution is 2.46. The first-order valence-corrected chi connectivity index (χ1v) is 13.8. The van der Waals surface area contributed by atoms with E-state index in [1.54, 1.807) is 18.2 Å². The second-order valence-corrected chi connectivity index (χ2v) is 11.5. The van der Waals surface area contributed by atoms with Crippen molar-refractivity contribution in [2.75, 3.05) is 30.1 Å². The molecule has 0 radical (unpaired) electrons. The third-order valence-electron chi connectivity index (χ3n) is 5.80. The van der Waals surface area contributed by atoms with Crippen LogP contribution in [0.2, 0.25) is 0 Å². The fraction of sp³-hybridized carbons (Fsp3) is 0.458.